The molecule has 6 heteroatoms. The molecule has 1 atom stereocenters. The number of carbonyl (C=O) groups excluding carboxylic acids is 1. The number of fused-ring (bicyclic) bond motifs is 1. The SMILES string of the molecule is O=C(O)CCC(Cc1ccccc1)NC(=O)Cn1cc2ccccc2n1. The molecule has 2 aromatic carbocycles. The van der Waals surface area contributed by atoms with Gasteiger partial charge in [-0.15, -0.1) is 0 Å². The lowest BCUT2D eigenvalue weighted by molar-refractivity contribution is -0.137. The normalized spacial score (nSPS) is 12.0. The van der Waals surface area contributed by atoms with Crippen molar-refractivity contribution in [2.75, 3.05) is 0 Å². The Hall–Kier alpha value is -3.15. The molecule has 0 aliphatic carbocycles. The van der Waals surface area contributed by atoms with Crippen molar-refractivity contribution in [3.8, 4) is 0 Å². The van der Waals surface area contributed by atoms with Crippen molar-refractivity contribution in [1.82, 2.24) is 15.1 Å². The molecule has 0 aliphatic rings. The maximum atomic E-state index is 12.4. The molecule has 1 unspecified atom stereocenters. The molecular weight excluding hydrogens is 330 g/mol. The van der Waals surface area contributed by atoms with Crippen LogP contribution in [0.1, 0.15) is 18.4 Å². The fourth-order valence-electron chi connectivity index (χ4n) is 2.94. The summed E-state index contributed by atoms with van der Waals surface area (Å²) >= 11 is 0. The third-order valence-electron chi connectivity index (χ3n) is 4.16. The summed E-state index contributed by atoms with van der Waals surface area (Å²) in [5.74, 6) is -1.04. The second-order valence-corrected chi connectivity index (χ2v) is 6.27. The molecule has 1 aromatic heterocycles. The quantitative estimate of drug-likeness (QED) is 0.653. The smallest absolute Gasteiger partial charge is 0.303 e. The molecule has 1 heterocycles. The first-order chi connectivity index (χ1) is 12.6. The molecule has 0 spiro atoms. The predicted octanol–water partition coefficient (Wildman–Crippen LogP) is 2.63. The molecule has 26 heavy (non-hydrogen) atoms. The Morgan fingerprint density at radius 3 is 2.54 bits per heavy atom. The van der Waals surface area contributed by atoms with Gasteiger partial charge in [-0.1, -0.05) is 48.5 Å². The number of aromatic nitrogens is 2. The molecule has 0 bridgehead atoms. The topological polar surface area (TPSA) is 84.2 Å². The number of hydrogen-bond acceptors (Lipinski definition) is 3. The fourth-order valence-corrected chi connectivity index (χ4v) is 2.94. The van der Waals surface area contributed by atoms with E-state index in [9.17, 15) is 9.59 Å². The van der Waals surface area contributed by atoms with Gasteiger partial charge in [-0.25, -0.2) is 0 Å². The molecule has 2 N–H and O–H groups in total. The highest BCUT2D eigenvalue weighted by Gasteiger charge is 2.15. The van der Waals surface area contributed by atoms with E-state index in [1.165, 1.54) is 0 Å². The van der Waals surface area contributed by atoms with Gasteiger partial charge >= 0.3 is 5.97 Å². The average molecular weight is 351 g/mol. The van der Waals surface area contributed by atoms with Gasteiger partial charge in [0.2, 0.25) is 5.91 Å². The minimum Gasteiger partial charge on any atom is -0.481 e. The molecule has 0 saturated heterocycles. The highest BCUT2D eigenvalue weighted by atomic mass is 16.4. The highest BCUT2D eigenvalue weighted by Crippen LogP contribution is 2.11. The number of benzene rings is 2. The summed E-state index contributed by atoms with van der Waals surface area (Å²) < 4.78 is 1.61. The van der Waals surface area contributed by atoms with Crippen molar-refractivity contribution in [2.45, 2.75) is 31.8 Å². The van der Waals surface area contributed by atoms with Crippen molar-refractivity contribution in [1.29, 1.82) is 0 Å². The van der Waals surface area contributed by atoms with Crippen LogP contribution in [0.2, 0.25) is 0 Å². The van der Waals surface area contributed by atoms with Gasteiger partial charge < -0.3 is 10.4 Å². The first-order valence-corrected chi connectivity index (χ1v) is 8.57. The van der Waals surface area contributed by atoms with Crippen LogP contribution in [0.25, 0.3) is 10.9 Å². The third-order valence-corrected chi connectivity index (χ3v) is 4.16. The zero-order chi connectivity index (χ0) is 18.4. The molecule has 0 aliphatic heterocycles. The van der Waals surface area contributed by atoms with Gasteiger partial charge in [0.25, 0.3) is 0 Å². The van der Waals surface area contributed by atoms with Crippen LogP contribution < -0.4 is 5.32 Å². The predicted molar refractivity (Wildman–Crippen MR) is 98.7 cm³/mol. The maximum absolute atomic E-state index is 12.4. The van der Waals surface area contributed by atoms with Crippen LogP contribution in [0.15, 0.2) is 60.8 Å². The summed E-state index contributed by atoms with van der Waals surface area (Å²) in [7, 11) is 0. The first kappa shape index (κ1) is 17.7. The van der Waals surface area contributed by atoms with E-state index in [1.807, 2.05) is 60.8 Å². The Kier molecular flexibility index (Phi) is 5.63. The summed E-state index contributed by atoms with van der Waals surface area (Å²) in [5, 5.41) is 17.3. The van der Waals surface area contributed by atoms with E-state index < -0.39 is 5.97 Å². The van der Waals surface area contributed by atoms with Crippen LogP contribution in [0.5, 0.6) is 0 Å². The van der Waals surface area contributed by atoms with Gasteiger partial charge in [-0.2, -0.15) is 5.10 Å². The van der Waals surface area contributed by atoms with Crippen LogP contribution in [-0.4, -0.2) is 32.8 Å². The number of aliphatic carboxylic acids is 1. The zero-order valence-electron chi connectivity index (χ0n) is 14.3. The van der Waals surface area contributed by atoms with Gasteiger partial charge in [-0.3, -0.25) is 14.3 Å². The zero-order valence-corrected chi connectivity index (χ0v) is 14.3. The van der Waals surface area contributed by atoms with E-state index in [2.05, 4.69) is 10.4 Å². The number of hydrogen-bond donors (Lipinski definition) is 2. The molecule has 0 saturated carbocycles. The van der Waals surface area contributed by atoms with E-state index in [1.54, 1.807) is 4.68 Å². The first-order valence-electron chi connectivity index (χ1n) is 8.57. The van der Waals surface area contributed by atoms with Crippen molar-refractivity contribution in [3.05, 3.63) is 66.4 Å². The van der Waals surface area contributed by atoms with E-state index in [0.717, 1.165) is 16.5 Å². The Morgan fingerprint density at radius 2 is 1.81 bits per heavy atom. The minimum absolute atomic E-state index is 0.0173. The molecule has 3 rings (SSSR count). The van der Waals surface area contributed by atoms with Crippen molar-refractivity contribution in [2.24, 2.45) is 0 Å². The van der Waals surface area contributed by atoms with Gasteiger partial charge in [0.1, 0.15) is 6.54 Å². The summed E-state index contributed by atoms with van der Waals surface area (Å²) in [6, 6.07) is 17.2. The van der Waals surface area contributed by atoms with Crippen molar-refractivity contribution in [3.63, 3.8) is 0 Å². The molecule has 3 aromatic rings. The van der Waals surface area contributed by atoms with E-state index in [4.69, 9.17) is 5.11 Å². The number of nitrogens with zero attached hydrogens (tertiary/aromatic N) is 2. The molecular formula is C20H21N3O3. The summed E-state index contributed by atoms with van der Waals surface area (Å²) in [5.41, 5.74) is 1.90. The second-order valence-electron chi connectivity index (χ2n) is 6.27. The van der Waals surface area contributed by atoms with E-state index >= 15 is 0 Å². The van der Waals surface area contributed by atoms with Gasteiger partial charge in [0.15, 0.2) is 0 Å². The Labute approximate surface area is 151 Å². The fraction of sp³-hybridized carbons (Fsp3) is 0.250. The minimum atomic E-state index is -0.865. The highest BCUT2D eigenvalue weighted by molar-refractivity contribution is 5.80. The number of nitrogens with one attached hydrogen (secondary N) is 1. The largest absolute Gasteiger partial charge is 0.481 e. The Morgan fingerprint density at radius 1 is 1.08 bits per heavy atom. The lowest BCUT2D eigenvalue weighted by Gasteiger charge is -2.18. The van der Waals surface area contributed by atoms with Gasteiger partial charge in [0, 0.05) is 24.0 Å². The van der Waals surface area contributed by atoms with Crippen LogP contribution >= 0.6 is 0 Å². The van der Waals surface area contributed by atoms with E-state index in [-0.39, 0.29) is 24.9 Å². The van der Waals surface area contributed by atoms with Crippen LogP contribution in [-0.2, 0) is 22.6 Å². The van der Waals surface area contributed by atoms with Gasteiger partial charge in [0.05, 0.1) is 5.52 Å². The summed E-state index contributed by atoms with van der Waals surface area (Å²) in [4.78, 5) is 23.3. The number of amides is 1. The molecule has 134 valence electrons. The average Bonchev–Trinajstić information content (AvgIpc) is 3.02. The lowest BCUT2D eigenvalue weighted by Crippen LogP contribution is -2.38. The third kappa shape index (κ3) is 4.92. The Bertz CT molecular complexity index is 856. The lowest BCUT2D eigenvalue weighted by atomic mass is 10.0. The van der Waals surface area contributed by atoms with Crippen LogP contribution in [0.4, 0.5) is 0 Å². The van der Waals surface area contributed by atoms with Crippen molar-refractivity contribution < 1.29 is 14.7 Å². The number of carbonyl (C=O) groups is 2. The summed E-state index contributed by atoms with van der Waals surface area (Å²) in [6.07, 6.45) is 2.83. The molecule has 6 nitrogen and oxygen atoms in total. The number of carboxylic acid groups (broad SMARTS) is 1. The molecule has 1 amide bonds. The van der Waals surface area contributed by atoms with Crippen molar-refractivity contribution >= 4 is 22.8 Å². The molecule has 0 radical (unpaired) electrons. The Balaban J connectivity index is 1.64. The number of rotatable bonds is 8. The van der Waals surface area contributed by atoms with Crippen LogP contribution in [0, 0.1) is 0 Å². The monoisotopic (exact) mass is 351 g/mol. The number of carboxylic acids is 1. The maximum Gasteiger partial charge on any atom is 0.303 e. The summed E-state index contributed by atoms with van der Waals surface area (Å²) in [6.45, 7) is 0.104. The molecule has 0 fully saturated rings. The van der Waals surface area contributed by atoms with Gasteiger partial charge in [-0.05, 0) is 24.5 Å². The standard InChI is InChI=1S/C20H21N3O3/c24-19(14-23-13-16-8-4-5-9-18(16)22-23)21-17(10-11-20(25)26)12-15-6-2-1-3-7-15/h1-9,13,17H,10-12,14H2,(H,21,24)(H,25,26). The van der Waals surface area contributed by atoms with Crippen LogP contribution in [0.3, 0.4) is 0 Å². The second kappa shape index (κ2) is 8.29. The van der Waals surface area contributed by atoms with E-state index in [0.29, 0.717) is 12.8 Å².